The van der Waals surface area contributed by atoms with Crippen molar-refractivity contribution in [2.75, 3.05) is 13.7 Å². The molecule has 9 nitrogen and oxygen atoms in total. The van der Waals surface area contributed by atoms with Crippen LogP contribution >= 0.6 is 22.9 Å². The lowest BCUT2D eigenvalue weighted by atomic mass is 9.76. The van der Waals surface area contributed by atoms with Crippen molar-refractivity contribution in [3.63, 3.8) is 0 Å². The summed E-state index contributed by atoms with van der Waals surface area (Å²) in [6, 6.07) is 1.31. The Balaban J connectivity index is 1.46. The van der Waals surface area contributed by atoms with Crippen molar-refractivity contribution in [2.45, 2.75) is 57.5 Å². The van der Waals surface area contributed by atoms with Crippen LogP contribution in [0.1, 0.15) is 67.1 Å². The Bertz CT molecular complexity index is 1520. The minimum absolute atomic E-state index is 0.0629. The molecule has 1 unspecified atom stereocenters. The van der Waals surface area contributed by atoms with E-state index in [1.807, 2.05) is 12.4 Å². The smallest absolute Gasteiger partial charge is 0.338 e. The number of methoxy groups -OCH3 is 1. The van der Waals surface area contributed by atoms with Crippen LogP contribution in [-0.2, 0) is 25.6 Å². The van der Waals surface area contributed by atoms with E-state index in [0.29, 0.717) is 23.1 Å². The molecular formula is C29H30ClF2N5O4S. The fourth-order valence-electron chi connectivity index (χ4n) is 5.48. The maximum absolute atomic E-state index is 14.6. The number of carbonyl (C=O) groups is 2. The first-order chi connectivity index (χ1) is 20.3. The van der Waals surface area contributed by atoms with Gasteiger partial charge in [0, 0.05) is 29.0 Å². The largest absolute Gasteiger partial charge is 0.469 e. The molecule has 0 saturated heterocycles. The van der Waals surface area contributed by atoms with Crippen LogP contribution in [-0.4, -0.2) is 46.3 Å². The van der Waals surface area contributed by atoms with Gasteiger partial charge >= 0.3 is 11.9 Å². The third kappa shape index (κ3) is 6.24. The summed E-state index contributed by atoms with van der Waals surface area (Å²) in [6.07, 6.45) is 8.82. The van der Waals surface area contributed by atoms with Crippen molar-refractivity contribution in [2.24, 2.45) is 10.9 Å². The molecule has 2 aromatic heterocycles. The van der Waals surface area contributed by atoms with E-state index < -0.39 is 28.7 Å². The predicted octanol–water partition coefficient (Wildman–Crippen LogP) is 5.72. The number of allylic oxidation sites excluding steroid dienone is 1. The van der Waals surface area contributed by atoms with Gasteiger partial charge in [-0.1, -0.05) is 17.7 Å². The summed E-state index contributed by atoms with van der Waals surface area (Å²) < 4.78 is 40.5. The standard InChI is InChI=1S/C29H30ClF2N5O4S/c1-3-41-29(39)22-25(17-6-4-16(5-7-17)18-14-34-37(15-18)12-10-21(38)40-2)35-27(28-33-11-13-42-28)36-26(22)19-8-9-20(31)24(32)23(19)30/h8-9,11,13-17,26H,3-7,10,12H2,1-2H3,(H,35,36)/t16-,17-,26?. The number of aliphatic imine (C=N–C) groups is 1. The van der Waals surface area contributed by atoms with Gasteiger partial charge in [-0.05, 0) is 56.1 Å². The minimum Gasteiger partial charge on any atom is -0.469 e. The van der Waals surface area contributed by atoms with E-state index >= 15 is 0 Å². The van der Waals surface area contributed by atoms with Gasteiger partial charge in [-0.3, -0.25) is 14.5 Å². The zero-order chi connectivity index (χ0) is 29.8. The second-order valence-electron chi connectivity index (χ2n) is 10.1. The Morgan fingerprint density at radius 2 is 1.95 bits per heavy atom. The lowest BCUT2D eigenvalue weighted by Gasteiger charge is -2.35. The fraction of sp³-hybridized carbons (Fsp3) is 0.414. The minimum atomic E-state index is -1.20. The van der Waals surface area contributed by atoms with Crippen LogP contribution in [0.2, 0.25) is 5.02 Å². The van der Waals surface area contributed by atoms with Gasteiger partial charge in [0.2, 0.25) is 0 Å². The number of benzene rings is 1. The summed E-state index contributed by atoms with van der Waals surface area (Å²) >= 11 is 7.66. The van der Waals surface area contributed by atoms with E-state index in [4.69, 9.17) is 26.1 Å². The van der Waals surface area contributed by atoms with Gasteiger partial charge in [0.1, 0.15) is 6.04 Å². The Morgan fingerprint density at radius 1 is 1.19 bits per heavy atom. The molecule has 1 aliphatic heterocycles. The Hall–Kier alpha value is -3.64. The monoisotopic (exact) mass is 617 g/mol. The van der Waals surface area contributed by atoms with Crippen LogP contribution in [0.4, 0.5) is 8.78 Å². The highest BCUT2D eigenvalue weighted by molar-refractivity contribution is 7.11. The number of hydrogen-bond donors (Lipinski definition) is 1. The number of amidine groups is 1. The summed E-state index contributed by atoms with van der Waals surface area (Å²) in [4.78, 5) is 34.1. The average molecular weight is 618 g/mol. The third-order valence-corrected chi connectivity index (χ3v) is 8.76. The number of thiazole rings is 1. The van der Waals surface area contributed by atoms with E-state index in [-0.39, 0.29) is 42.0 Å². The van der Waals surface area contributed by atoms with Gasteiger partial charge in [-0.25, -0.2) is 18.6 Å². The summed E-state index contributed by atoms with van der Waals surface area (Å²) in [5, 5.41) is 9.72. The van der Waals surface area contributed by atoms with Crippen molar-refractivity contribution in [1.82, 2.24) is 20.1 Å². The predicted molar refractivity (Wildman–Crippen MR) is 153 cm³/mol. The molecule has 13 heteroatoms. The van der Waals surface area contributed by atoms with Gasteiger partial charge in [-0.15, -0.1) is 11.3 Å². The van der Waals surface area contributed by atoms with Crippen LogP contribution < -0.4 is 5.32 Å². The number of carbonyl (C=O) groups excluding carboxylic acids is 2. The van der Waals surface area contributed by atoms with Gasteiger partial charge in [0.25, 0.3) is 0 Å². The molecular weight excluding hydrogens is 588 g/mol. The lowest BCUT2D eigenvalue weighted by Crippen LogP contribution is -2.38. The Kier molecular flexibility index (Phi) is 9.32. The molecule has 1 atom stereocenters. The number of ether oxygens (including phenoxy) is 2. The van der Waals surface area contributed by atoms with E-state index in [1.165, 1.54) is 24.5 Å². The van der Waals surface area contributed by atoms with Gasteiger partial charge in [0.15, 0.2) is 22.5 Å². The summed E-state index contributed by atoms with van der Waals surface area (Å²) in [5.74, 6) is -2.55. The van der Waals surface area contributed by atoms with Crippen molar-refractivity contribution in [3.8, 4) is 0 Å². The molecule has 1 aromatic carbocycles. The summed E-state index contributed by atoms with van der Waals surface area (Å²) in [7, 11) is 1.36. The van der Waals surface area contributed by atoms with Crippen molar-refractivity contribution in [3.05, 3.63) is 80.2 Å². The molecule has 222 valence electrons. The van der Waals surface area contributed by atoms with Crippen molar-refractivity contribution < 1.29 is 27.8 Å². The first-order valence-corrected chi connectivity index (χ1v) is 14.9. The molecule has 5 rings (SSSR count). The SMILES string of the molecule is CCOC(=O)C1=C([C@H]2CC[C@H](c3cnn(CCC(=O)OC)c3)CC2)NC(c2nccs2)=NC1c1ccc(F)c(F)c1Cl. The first kappa shape index (κ1) is 29.8. The number of nitrogens with one attached hydrogen (secondary N) is 1. The van der Waals surface area contributed by atoms with Crippen molar-refractivity contribution >= 4 is 40.7 Å². The lowest BCUT2D eigenvalue weighted by molar-refractivity contribution is -0.141. The van der Waals surface area contributed by atoms with Crippen LogP contribution in [0.3, 0.4) is 0 Å². The molecule has 1 saturated carbocycles. The molecule has 0 spiro atoms. The average Bonchev–Trinajstić information content (AvgIpc) is 3.72. The highest BCUT2D eigenvalue weighted by atomic mass is 35.5. The molecule has 1 N–H and O–H groups in total. The van der Waals surface area contributed by atoms with Crippen LogP contribution in [0.5, 0.6) is 0 Å². The van der Waals surface area contributed by atoms with Gasteiger partial charge < -0.3 is 14.8 Å². The molecule has 0 radical (unpaired) electrons. The quantitative estimate of drug-likeness (QED) is 0.242. The topological polar surface area (TPSA) is 108 Å². The Morgan fingerprint density at radius 3 is 2.64 bits per heavy atom. The van der Waals surface area contributed by atoms with E-state index in [2.05, 4.69) is 15.4 Å². The highest BCUT2D eigenvalue weighted by Gasteiger charge is 2.38. The summed E-state index contributed by atoms with van der Waals surface area (Å²) in [6.45, 7) is 2.27. The van der Waals surface area contributed by atoms with Crippen LogP contribution in [0.15, 0.2) is 52.4 Å². The second kappa shape index (κ2) is 13.1. The number of aromatic nitrogens is 3. The molecule has 42 heavy (non-hydrogen) atoms. The molecule has 3 heterocycles. The van der Waals surface area contributed by atoms with E-state index in [0.717, 1.165) is 37.3 Å². The molecule has 3 aromatic rings. The maximum Gasteiger partial charge on any atom is 0.338 e. The number of hydrogen-bond acceptors (Lipinski definition) is 9. The van der Waals surface area contributed by atoms with E-state index in [1.54, 1.807) is 23.2 Å². The molecule has 0 amide bonds. The molecule has 1 aliphatic carbocycles. The summed E-state index contributed by atoms with van der Waals surface area (Å²) in [5.41, 5.74) is 2.11. The highest BCUT2D eigenvalue weighted by Crippen LogP contribution is 2.44. The van der Waals surface area contributed by atoms with Crippen LogP contribution in [0, 0.1) is 17.6 Å². The number of aryl methyl sites for hydroxylation is 1. The normalized spacial score (nSPS) is 20.6. The maximum atomic E-state index is 14.6. The fourth-order valence-corrected chi connectivity index (χ4v) is 6.33. The number of nitrogens with zero attached hydrogens (tertiary/aromatic N) is 4. The van der Waals surface area contributed by atoms with E-state index in [9.17, 15) is 18.4 Å². The second-order valence-corrected chi connectivity index (χ2v) is 11.3. The molecule has 0 bridgehead atoms. The third-order valence-electron chi connectivity index (χ3n) is 7.60. The van der Waals surface area contributed by atoms with Gasteiger partial charge in [-0.2, -0.15) is 5.10 Å². The Labute approximate surface area is 250 Å². The number of halogens is 3. The zero-order valence-corrected chi connectivity index (χ0v) is 24.7. The van der Waals surface area contributed by atoms with Gasteiger partial charge in [0.05, 0.1) is 43.5 Å². The first-order valence-electron chi connectivity index (χ1n) is 13.7. The molecule has 1 fully saturated rings. The van der Waals surface area contributed by atoms with Crippen molar-refractivity contribution in [1.29, 1.82) is 0 Å². The number of rotatable bonds is 9. The number of esters is 2. The molecule has 2 aliphatic rings. The van der Waals surface area contributed by atoms with Crippen LogP contribution in [0.25, 0.3) is 0 Å². The zero-order valence-electron chi connectivity index (χ0n) is 23.1.